The lowest BCUT2D eigenvalue weighted by atomic mass is 9.40. The summed E-state index contributed by atoms with van der Waals surface area (Å²) in [5.41, 5.74) is 0.764. The highest BCUT2D eigenvalue weighted by Crippen LogP contribution is 2.72. The number of rotatable bonds is 3. The summed E-state index contributed by atoms with van der Waals surface area (Å²) in [6.45, 7) is 14.1. The van der Waals surface area contributed by atoms with E-state index in [4.69, 9.17) is 4.74 Å². The Hall–Kier alpha value is -1.58. The highest BCUT2D eigenvalue weighted by molar-refractivity contribution is 5.87. The van der Waals surface area contributed by atoms with Gasteiger partial charge in [0.05, 0.1) is 5.41 Å². The summed E-state index contributed by atoms with van der Waals surface area (Å²) in [7, 11) is 0. The molecule has 154 valence electrons. The summed E-state index contributed by atoms with van der Waals surface area (Å²) < 4.78 is 6.03. The first kappa shape index (κ1) is 19.7. The number of hydrogen-bond donors (Lipinski definition) is 1. The summed E-state index contributed by atoms with van der Waals surface area (Å²) in [6.07, 6.45) is 7.61. The largest absolute Gasteiger partial charge is 0.481 e. The fourth-order valence-electron chi connectivity index (χ4n) is 7.99. The normalized spacial score (nSPS) is 47.0. The maximum absolute atomic E-state index is 12.4. The summed E-state index contributed by atoms with van der Waals surface area (Å²) in [5, 5.41) is 10.1. The molecule has 1 spiro atoms. The fraction of sp³-hybridized carbons (Fsp3) is 0.750. The van der Waals surface area contributed by atoms with Crippen molar-refractivity contribution in [2.24, 2.45) is 34.0 Å². The van der Waals surface area contributed by atoms with Crippen LogP contribution in [-0.2, 0) is 14.3 Å². The molecule has 4 rings (SSSR count). The number of carbonyl (C=O) groups is 2. The molecule has 2 bridgehead atoms. The Bertz CT molecular complexity index is 754. The van der Waals surface area contributed by atoms with E-state index < -0.39 is 11.4 Å². The Kier molecular flexibility index (Phi) is 4.37. The second-order valence-electron chi connectivity index (χ2n) is 10.6. The summed E-state index contributed by atoms with van der Waals surface area (Å²) in [5.74, 6) is 0.0296. The van der Waals surface area contributed by atoms with Crippen LogP contribution >= 0.6 is 0 Å². The molecule has 4 fully saturated rings. The van der Waals surface area contributed by atoms with Crippen molar-refractivity contribution in [3.8, 4) is 0 Å². The Balaban J connectivity index is 1.74. The third kappa shape index (κ3) is 2.42. The van der Waals surface area contributed by atoms with Crippen LogP contribution < -0.4 is 0 Å². The van der Waals surface area contributed by atoms with Crippen LogP contribution in [0.15, 0.2) is 24.3 Å². The minimum absolute atomic E-state index is 0.0207. The van der Waals surface area contributed by atoms with Crippen LogP contribution in [0.4, 0.5) is 0 Å². The molecule has 0 amide bonds. The number of carbonyl (C=O) groups excluding carboxylic acids is 1. The molecule has 4 aliphatic carbocycles. The molecule has 7 atom stereocenters. The zero-order valence-electron chi connectivity index (χ0n) is 17.6. The van der Waals surface area contributed by atoms with Gasteiger partial charge in [0.2, 0.25) is 0 Å². The van der Waals surface area contributed by atoms with E-state index in [1.54, 1.807) is 6.92 Å². The molecule has 0 aromatic carbocycles. The molecule has 28 heavy (non-hydrogen) atoms. The average Bonchev–Trinajstić information content (AvgIpc) is 2.81. The Morgan fingerprint density at radius 1 is 1.11 bits per heavy atom. The first-order chi connectivity index (χ1) is 13.1. The van der Waals surface area contributed by atoms with E-state index in [0.717, 1.165) is 56.9 Å². The van der Waals surface area contributed by atoms with Crippen molar-refractivity contribution >= 4 is 11.9 Å². The molecule has 0 aliphatic heterocycles. The zero-order chi connectivity index (χ0) is 20.5. The van der Waals surface area contributed by atoms with Crippen molar-refractivity contribution in [3.05, 3.63) is 24.3 Å². The summed E-state index contributed by atoms with van der Waals surface area (Å²) in [6, 6.07) is 0. The number of carboxylic acid groups (broad SMARTS) is 1. The van der Waals surface area contributed by atoms with Gasteiger partial charge >= 0.3 is 11.9 Å². The zero-order valence-corrected chi connectivity index (χ0v) is 17.6. The van der Waals surface area contributed by atoms with E-state index in [-0.39, 0.29) is 28.8 Å². The van der Waals surface area contributed by atoms with Gasteiger partial charge in [0.15, 0.2) is 0 Å². The molecule has 4 aliphatic rings. The highest BCUT2D eigenvalue weighted by Gasteiger charge is 2.68. The van der Waals surface area contributed by atoms with Crippen LogP contribution in [0.25, 0.3) is 0 Å². The van der Waals surface area contributed by atoms with Gasteiger partial charge in [-0.05, 0) is 87.5 Å². The number of hydrogen-bond acceptors (Lipinski definition) is 3. The van der Waals surface area contributed by atoms with Crippen molar-refractivity contribution in [2.75, 3.05) is 0 Å². The van der Waals surface area contributed by atoms with E-state index in [1.165, 1.54) is 0 Å². The molecular weight excluding hydrogens is 352 g/mol. The lowest BCUT2D eigenvalue weighted by Crippen LogP contribution is -2.60. The number of fused-ring (bicyclic) bond motifs is 3. The molecule has 0 saturated heterocycles. The second kappa shape index (κ2) is 6.21. The average molecular weight is 387 g/mol. The first-order valence-corrected chi connectivity index (χ1v) is 10.8. The van der Waals surface area contributed by atoms with E-state index in [9.17, 15) is 14.7 Å². The molecule has 7 unspecified atom stereocenters. The Morgan fingerprint density at radius 3 is 2.46 bits per heavy atom. The molecule has 4 nitrogen and oxygen atoms in total. The summed E-state index contributed by atoms with van der Waals surface area (Å²) >= 11 is 0. The third-order valence-corrected chi connectivity index (χ3v) is 9.24. The molecule has 0 heterocycles. The molecule has 0 aromatic heterocycles. The van der Waals surface area contributed by atoms with Crippen LogP contribution in [0.1, 0.15) is 72.1 Å². The van der Waals surface area contributed by atoms with Gasteiger partial charge in [-0.25, -0.2) is 4.79 Å². The Labute approximate surface area is 168 Å². The number of aliphatic carboxylic acids is 1. The maximum Gasteiger partial charge on any atom is 0.333 e. The van der Waals surface area contributed by atoms with Crippen molar-refractivity contribution in [3.63, 3.8) is 0 Å². The Morgan fingerprint density at radius 2 is 1.82 bits per heavy atom. The van der Waals surface area contributed by atoms with Crippen LogP contribution in [0, 0.1) is 34.0 Å². The maximum atomic E-state index is 12.4. The predicted molar refractivity (Wildman–Crippen MR) is 108 cm³/mol. The fourth-order valence-corrected chi connectivity index (χ4v) is 7.99. The molecule has 4 saturated carbocycles. The van der Waals surface area contributed by atoms with Gasteiger partial charge in [-0.15, -0.1) is 0 Å². The van der Waals surface area contributed by atoms with Gasteiger partial charge in [-0.1, -0.05) is 26.5 Å². The number of ether oxygens (including phenoxy) is 1. The van der Waals surface area contributed by atoms with Crippen LogP contribution in [0.5, 0.6) is 0 Å². The van der Waals surface area contributed by atoms with Gasteiger partial charge in [-0.3, -0.25) is 4.79 Å². The highest BCUT2D eigenvalue weighted by atomic mass is 16.5. The predicted octanol–water partition coefficient (Wildman–Crippen LogP) is 5.14. The van der Waals surface area contributed by atoms with Crippen molar-refractivity contribution < 1.29 is 19.4 Å². The SMILES string of the molecule is C=C(C)C(=O)OC1C(=C)C2CCC3C4(C)CCCC(C)(C(=O)O)C4CCC13C2. The summed E-state index contributed by atoms with van der Waals surface area (Å²) in [4.78, 5) is 24.7. The van der Waals surface area contributed by atoms with Crippen LogP contribution in [0.3, 0.4) is 0 Å². The molecular formula is C24H34O4. The quantitative estimate of drug-likeness (QED) is 0.414. The minimum atomic E-state index is -0.648. The van der Waals surface area contributed by atoms with Gasteiger partial charge in [0.1, 0.15) is 6.10 Å². The van der Waals surface area contributed by atoms with Crippen LogP contribution in [-0.4, -0.2) is 23.1 Å². The van der Waals surface area contributed by atoms with Gasteiger partial charge in [0, 0.05) is 11.0 Å². The van der Waals surface area contributed by atoms with Gasteiger partial charge in [-0.2, -0.15) is 0 Å². The molecule has 0 aromatic rings. The molecule has 1 N–H and O–H groups in total. The molecule has 4 heteroatoms. The second-order valence-corrected chi connectivity index (χ2v) is 10.6. The monoisotopic (exact) mass is 386 g/mol. The van der Waals surface area contributed by atoms with E-state index in [2.05, 4.69) is 20.1 Å². The van der Waals surface area contributed by atoms with E-state index in [1.807, 2.05) is 6.92 Å². The topological polar surface area (TPSA) is 63.6 Å². The van der Waals surface area contributed by atoms with E-state index >= 15 is 0 Å². The van der Waals surface area contributed by atoms with Crippen molar-refractivity contribution in [1.29, 1.82) is 0 Å². The lowest BCUT2D eigenvalue weighted by molar-refractivity contribution is -0.195. The van der Waals surface area contributed by atoms with Gasteiger partial charge in [0.25, 0.3) is 0 Å². The number of carboxylic acids is 1. The van der Waals surface area contributed by atoms with Crippen molar-refractivity contribution in [1.82, 2.24) is 0 Å². The first-order valence-electron chi connectivity index (χ1n) is 10.8. The van der Waals surface area contributed by atoms with Crippen LogP contribution in [0.2, 0.25) is 0 Å². The lowest BCUT2D eigenvalue weighted by Gasteiger charge is -2.63. The van der Waals surface area contributed by atoms with Gasteiger partial charge < -0.3 is 9.84 Å². The van der Waals surface area contributed by atoms with Crippen molar-refractivity contribution in [2.45, 2.75) is 78.2 Å². The number of esters is 1. The third-order valence-electron chi connectivity index (χ3n) is 9.24. The standard InChI is InChI=1S/C24H34O4/c1-14(2)20(25)28-19-15(3)16-7-8-18-22(4)10-6-11-23(5,21(26)27)17(22)9-12-24(18,19)13-16/h16-19H,1,3,6-13H2,2,4-5H3,(H,26,27). The minimum Gasteiger partial charge on any atom is -0.481 e. The molecule has 0 radical (unpaired) electrons. The smallest absolute Gasteiger partial charge is 0.333 e. The van der Waals surface area contributed by atoms with E-state index in [0.29, 0.717) is 17.4 Å².